The van der Waals surface area contributed by atoms with Gasteiger partial charge in [-0.25, -0.2) is 4.58 Å². The molecule has 1 unspecified atom stereocenters. The predicted molar refractivity (Wildman–Crippen MR) is 115 cm³/mol. The zero-order valence-corrected chi connectivity index (χ0v) is 16.2. The van der Waals surface area contributed by atoms with E-state index in [0.717, 1.165) is 6.42 Å². The number of hydrogen-bond donors (Lipinski definition) is 0. The Morgan fingerprint density at radius 1 is 0.778 bits per heavy atom. The van der Waals surface area contributed by atoms with Gasteiger partial charge in [0.05, 0.1) is 5.41 Å². The van der Waals surface area contributed by atoms with Crippen LogP contribution in [0.2, 0.25) is 0 Å². The third-order valence-electron chi connectivity index (χ3n) is 6.49. The van der Waals surface area contributed by atoms with Crippen LogP contribution in [0, 0.1) is 0 Å². The Labute approximate surface area is 160 Å². The molecule has 0 N–H and O–H groups in total. The van der Waals surface area contributed by atoms with Crippen molar-refractivity contribution >= 4 is 32.9 Å². The normalized spacial score (nSPS) is 19.1. The molecule has 0 aromatic heterocycles. The quantitative estimate of drug-likeness (QED) is 0.376. The third kappa shape index (κ3) is 2.35. The largest absolute Gasteiger partial charge is 0.209 e. The smallest absolute Gasteiger partial charge is 0.202 e. The molecule has 1 atom stereocenters. The van der Waals surface area contributed by atoms with Gasteiger partial charge in [0.1, 0.15) is 7.05 Å². The van der Waals surface area contributed by atoms with Crippen molar-refractivity contribution in [3.63, 3.8) is 0 Å². The van der Waals surface area contributed by atoms with E-state index in [9.17, 15) is 0 Å². The summed E-state index contributed by atoms with van der Waals surface area (Å²) in [5.41, 5.74) is 5.61. The first-order chi connectivity index (χ1) is 13.1. The van der Waals surface area contributed by atoms with Gasteiger partial charge >= 0.3 is 0 Å². The molecule has 132 valence electrons. The Bertz CT molecular complexity index is 1230. The summed E-state index contributed by atoms with van der Waals surface area (Å²) in [6.45, 7) is 4.70. The fourth-order valence-corrected chi connectivity index (χ4v) is 4.82. The third-order valence-corrected chi connectivity index (χ3v) is 6.49. The highest BCUT2D eigenvalue weighted by molar-refractivity contribution is 6.02. The molecule has 0 bridgehead atoms. The van der Waals surface area contributed by atoms with Gasteiger partial charge in [0, 0.05) is 18.6 Å². The molecular weight excluding hydrogens is 326 g/mol. The molecule has 0 aliphatic carbocycles. The van der Waals surface area contributed by atoms with Gasteiger partial charge in [-0.2, -0.15) is 0 Å². The Hall–Kier alpha value is -2.93. The minimum atomic E-state index is -0.00654. The van der Waals surface area contributed by atoms with Gasteiger partial charge in [-0.05, 0) is 46.5 Å². The van der Waals surface area contributed by atoms with E-state index in [1.165, 1.54) is 44.1 Å². The van der Waals surface area contributed by atoms with Crippen LogP contribution in [0.5, 0.6) is 0 Å². The van der Waals surface area contributed by atoms with E-state index in [1.54, 1.807) is 0 Å². The second-order valence-electron chi connectivity index (χ2n) is 8.02. The van der Waals surface area contributed by atoms with E-state index < -0.39 is 0 Å². The molecule has 0 amide bonds. The maximum absolute atomic E-state index is 2.41. The Morgan fingerprint density at radius 3 is 2.26 bits per heavy atom. The minimum Gasteiger partial charge on any atom is -0.202 e. The molecule has 1 aliphatic rings. The Kier molecular flexibility index (Phi) is 3.48. The molecule has 27 heavy (non-hydrogen) atoms. The van der Waals surface area contributed by atoms with Crippen LogP contribution in [-0.4, -0.2) is 17.3 Å². The van der Waals surface area contributed by atoms with Crippen LogP contribution in [0.25, 0.3) is 21.5 Å². The van der Waals surface area contributed by atoms with Crippen molar-refractivity contribution in [2.75, 3.05) is 7.05 Å². The lowest BCUT2D eigenvalue weighted by Crippen LogP contribution is -2.32. The molecule has 4 aromatic carbocycles. The second kappa shape index (κ2) is 5.79. The molecule has 0 radical (unpaired) electrons. The molecule has 1 aliphatic heterocycles. The molecule has 4 aromatic rings. The molecular formula is C26H24N+. The number of fused-ring (bicyclic) bond motifs is 4. The van der Waals surface area contributed by atoms with Crippen molar-refractivity contribution in [3.05, 3.63) is 90.0 Å². The van der Waals surface area contributed by atoms with E-state index >= 15 is 0 Å². The molecule has 0 fully saturated rings. The average molecular weight is 350 g/mol. The highest BCUT2D eigenvalue weighted by Crippen LogP contribution is 2.45. The highest BCUT2D eigenvalue weighted by atomic mass is 15.0. The highest BCUT2D eigenvalue weighted by Gasteiger charge is 2.46. The van der Waals surface area contributed by atoms with Gasteiger partial charge in [-0.1, -0.05) is 66.7 Å². The zero-order valence-electron chi connectivity index (χ0n) is 16.2. The SMILES string of the molecule is CC1=[N+](C)c2ccc3ccccc3c2C1(C)Cc1ccc2ccccc2c1. The number of rotatable bonds is 2. The zero-order chi connectivity index (χ0) is 18.6. The van der Waals surface area contributed by atoms with Crippen molar-refractivity contribution in [1.29, 1.82) is 0 Å². The van der Waals surface area contributed by atoms with Gasteiger partial charge in [0.25, 0.3) is 0 Å². The van der Waals surface area contributed by atoms with Crippen LogP contribution in [0.15, 0.2) is 78.9 Å². The van der Waals surface area contributed by atoms with Gasteiger partial charge in [-0.3, -0.25) is 0 Å². The first-order valence-corrected chi connectivity index (χ1v) is 9.65. The van der Waals surface area contributed by atoms with E-state index in [4.69, 9.17) is 0 Å². The standard InChI is InChI=1S/C26H24N/c1-18-26(2,17-19-12-13-20-8-4-5-10-22(20)16-19)25-23-11-7-6-9-21(23)14-15-24(25)27(18)3/h4-16H,17H2,1-3H3/q+1. The second-order valence-corrected chi connectivity index (χ2v) is 8.02. The molecule has 5 rings (SSSR count). The van der Waals surface area contributed by atoms with Crippen molar-refractivity contribution in [2.45, 2.75) is 25.7 Å². The van der Waals surface area contributed by atoms with Crippen LogP contribution in [-0.2, 0) is 11.8 Å². The maximum atomic E-state index is 2.41. The lowest BCUT2D eigenvalue weighted by atomic mass is 9.73. The summed E-state index contributed by atoms with van der Waals surface area (Å²) in [6.07, 6.45) is 1.01. The molecule has 0 spiro atoms. The molecule has 0 saturated heterocycles. The van der Waals surface area contributed by atoms with Gasteiger partial charge in [0.2, 0.25) is 5.69 Å². The number of hydrogen-bond acceptors (Lipinski definition) is 0. The van der Waals surface area contributed by atoms with Gasteiger partial charge in [0.15, 0.2) is 5.71 Å². The summed E-state index contributed by atoms with van der Waals surface area (Å²) in [4.78, 5) is 0. The van der Waals surface area contributed by atoms with Crippen LogP contribution in [0.1, 0.15) is 25.0 Å². The minimum absolute atomic E-state index is 0.00654. The Balaban J connectivity index is 1.70. The first kappa shape index (κ1) is 16.3. The molecule has 1 heteroatoms. The molecule has 1 heterocycles. The summed E-state index contributed by atoms with van der Waals surface area (Å²) in [5.74, 6) is 0. The van der Waals surface area contributed by atoms with Crippen LogP contribution >= 0.6 is 0 Å². The van der Waals surface area contributed by atoms with Crippen molar-refractivity contribution in [1.82, 2.24) is 0 Å². The maximum Gasteiger partial charge on any atom is 0.209 e. The van der Waals surface area contributed by atoms with E-state index in [-0.39, 0.29) is 5.41 Å². The Morgan fingerprint density at radius 2 is 1.44 bits per heavy atom. The van der Waals surface area contributed by atoms with Gasteiger partial charge < -0.3 is 0 Å². The fourth-order valence-electron chi connectivity index (χ4n) is 4.82. The summed E-state index contributed by atoms with van der Waals surface area (Å²) in [5, 5.41) is 5.33. The lowest BCUT2D eigenvalue weighted by Gasteiger charge is -2.24. The van der Waals surface area contributed by atoms with E-state index in [0.29, 0.717) is 0 Å². The van der Waals surface area contributed by atoms with Crippen molar-refractivity contribution in [2.24, 2.45) is 0 Å². The topological polar surface area (TPSA) is 3.01 Å². The first-order valence-electron chi connectivity index (χ1n) is 9.65. The van der Waals surface area contributed by atoms with Gasteiger partial charge in [-0.15, -0.1) is 0 Å². The summed E-state index contributed by atoms with van der Waals surface area (Å²) in [6, 6.07) is 28.9. The van der Waals surface area contributed by atoms with Crippen LogP contribution in [0.3, 0.4) is 0 Å². The fraction of sp³-hybridized carbons (Fsp3) is 0.192. The molecule has 1 nitrogen and oxygen atoms in total. The monoisotopic (exact) mass is 350 g/mol. The predicted octanol–water partition coefficient (Wildman–Crippen LogP) is 6.24. The molecule has 0 saturated carbocycles. The average Bonchev–Trinajstić information content (AvgIpc) is 2.89. The summed E-state index contributed by atoms with van der Waals surface area (Å²) in [7, 11) is 2.20. The summed E-state index contributed by atoms with van der Waals surface area (Å²) < 4.78 is 2.38. The summed E-state index contributed by atoms with van der Waals surface area (Å²) >= 11 is 0. The number of benzene rings is 4. The van der Waals surface area contributed by atoms with Crippen molar-refractivity contribution < 1.29 is 4.58 Å². The number of nitrogens with zero attached hydrogens (tertiary/aromatic N) is 1. The van der Waals surface area contributed by atoms with E-state index in [1.807, 2.05) is 0 Å². The van der Waals surface area contributed by atoms with Crippen LogP contribution < -0.4 is 0 Å². The van der Waals surface area contributed by atoms with E-state index in [2.05, 4.69) is 104 Å². The lowest BCUT2D eigenvalue weighted by molar-refractivity contribution is -0.403. The van der Waals surface area contributed by atoms with Crippen molar-refractivity contribution in [3.8, 4) is 0 Å². The van der Waals surface area contributed by atoms with Crippen LogP contribution in [0.4, 0.5) is 5.69 Å².